The smallest absolute Gasteiger partial charge is 0.122 e. The van der Waals surface area contributed by atoms with Crippen LogP contribution in [-0.2, 0) is 0 Å². The molecule has 0 aliphatic carbocycles. The van der Waals surface area contributed by atoms with Crippen molar-refractivity contribution in [3.05, 3.63) is 29.3 Å². The van der Waals surface area contributed by atoms with Crippen LogP contribution in [0.15, 0.2) is 18.2 Å². The quantitative estimate of drug-likeness (QED) is 0.616. The zero-order valence-corrected chi connectivity index (χ0v) is 11.3. The molecule has 0 saturated carbocycles. The van der Waals surface area contributed by atoms with Gasteiger partial charge in [-0.25, -0.2) is 0 Å². The Hall–Kier alpha value is -1.46. The average molecular weight is 246 g/mol. The molecule has 0 atom stereocenters. The number of aliphatic hydroxyl groups excluding tert-OH is 1. The number of aliphatic hydroxyl groups is 1. The van der Waals surface area contributed by atoms with Gasteiger partial charge in [0.1, 0.15) is 12.4 Å². The molecule has 18 heavy (non-hydrogen) atoms. The van der Waals surface area contributed by atoms with Crippen molar-refractivity contribution < 1.29 is 9.84 Å². The Morgan fingerprint density at radius 2 is 2.06 bits per heavy atom. The van der Waals surface area contributed by atoms with Crippen molar-refractivity contribution in [1.29, 1.82) is 0 Å². The lowest BCUT2D eigenvalue weighted by molar-refractivity contribution is 0.303. The zero-order chi connectivity index (χ0) is 13.2. The molecule has 0 saturated heterocycles. The van der Waals surface area contributed by atoms with Gasteiger partial charge < -0.3 is 9.84 Å². The first-order valence-electron chi connectivity index (χ1n) is 6.61. The third-order valence-electron chi connectivity index (χ3n) is 2.74. The Morgan fingerprint density at radius 1 is 1.22 bits per heavy atom. The van der Waals surface area contributed by atoms with E-state index in [0.29, 0.717) is 0 Å². The van der Waals surface area contributed by atoms with Crippen molar-refractivity contribution in [2.75, 3.05) is 13.2 Å². The molecule has 1 aromatic carbocycles. The maximum absolute atomic E-state index is 8.64. The van der Waals surface area contributed by atoms with Crippen molar-refractivity contribution in [3.8, 4) is 17.6 Å². The Labute approximate surface area is 110 Å². The molecule has 0 amide bonds. The van der Waals surface area contributed by atoms with E-state index in [2.05, 4.69) is 18.8 Å². The Bertz CT molecular complexity index is 413. The van der Waals surface area contributed by atoms with Gasteiger partial charge in [-0.2, -0.15) is 0 Å². The molecule has 0 radical (unpaired) electrons. The van der Waals surface area contributed by atoms with Gasteiger partial charge in [0.15, 0.2) is 0 Å². The molecule has 1 rings (SSSR count). The van der Waals surface area contributed by atoms with Crippen LogP contribution >= 0.6 is 0 Å². The molecule has 0 unspecified atom stereocenters. The molecule has 98 valence electrons. The van der Waals surface area contributed by atoms with E-state index in [1.807, 2.05) is 25.1 Å². The normalized spacial score (nSPS) is 9.72. The Morgan fingerprint density at radius 3 is 2.72 bits per heavy atom. The highest BCUT2D eigenvalue weighted by Gasteiger charge is 2.00. The van der Waals surface area contributed by atoms with Gasteiger partial charge in [-0.1, -0.05) is 38.0 Å². The minimum atomic E-state index is -0.102. The molecule has 1 aromatic rings. The molecular weight excluding hydrogens is 224 g/mol. The van der Waals surface area contributed by atoms with E-state index in [9.17, 15) is 0 Å². The van der Waals surface area contributed by atoms with Crippen LogP contribution in [0.1, 0.15) is 43.7 Å². The molecule has 0 heterocycles. The van der Waals surface area contributed by atoms with Crippen molar-refractivity contribution in [2.45, 2.75) is 39.5 Å². The summed E-state index contributed by atoms with van der Waals surface area (Å²) in [5.41, 5.74) is 2.01. The number of hydrogen-bond donors (Lipinski definition) is 1. The monoisotopic (exact) mass is 246 g/mol. The highest BCUT2D eigenvalue weighted by molar-refractivity contribution is 5.43. The summed E-state index contributed by atoms with van der Waals surface area (Å²) in [5, 5.41) is 8.64. The molecule has 0 spiro atoms. The fraction of sp³-hybridized carbons (Fsp3) is 0.500. The van der Waals surface area contributed by atoms with Gasteiger partial charge >= 0.3 is 0 Å². The molecule has 0 bridgehead atoms. The second-order valence-electron chi connectivity index (χ2n) is 4.35. The maximum Gasteiger partial charge on any atom is 0.122 e. The zero-order valence-electron chi connectivity index (χ0n) is 11.3. The van der Waals surface area contributed by atoms with Gasteiger partial charge in [-0.3, -0.25) is 0 Å². The maximum atomic E-state index is 8.64. The molecule has 2 heteroatoms. The Balaban J connectivity index is 2.47. The van der Waals surface area contributed by atoms with Crippen LogP contribution in [0.3, 0.4) is 0 Å². The predicted molar refractivity (Wildman–Crippen MR) is 74.8 cm³/mol. The molecular formula is C16H22O2. The largest absolute Gasteiger partial charge is 0.493 e. The second kappa shape index (κ2) is 8.60. The Kier molecular flexibility index (Phi) is 6.98. The lowest BCUT2D eigenvalue weighted by Crippen LogP contribution is -1.99. The van der Waals surface area contributed by atoms with Crippen molar-refractivity contribution in [3.63, 3.8) is 0 Å². The standard InChI is InChI=1S/C16H22O2/c1-3-4-5-6-12-18-16-10-9-15(8-7-11-17)13-14(16)2/h9-10,13,17H,3-6,11-12H2,1-2H3. The molecule has 2 nitrogen and oxygen atoms in total. The van der Waals surface area contributed by atoms with Crippen molar-refractivity contribution in [2.24, 2.45) is 0 Å². The second-order valence-corrected chi connectivity index (χ2v) is 4.35. The van der Waals surface area contributed by atoms with Crippen LogP contribution in [0.4, 0.5) is 0 Å². The number of rotatable bonds is 6. The van der Waals surface area contributed by atoms with E-state index in [-0.39, 0.29) is 6.61 Å². The topological polar surface area (TPSA) is 29.5 Å². The number of benzene rings is 1. The van der Waals surface area contributed by atoms with E-state index in [4.69, 9.17) is 9.84 Å². The number of aryl methyl sites for hydroxylation is 1. The van der Waals surface area contributed by atoms with Crippen LogP contribution in [-0.4, -0.2) is 18.3 Å². The van der Waals surface area contributed by atoms with Gasteiger partial charge in [0.2, 0.25) is 0 Å². The molecule has 0 aromatic heterocycles. The summed E-state index contributed by atoms with van der Waals surface area (Å²) in [6.07, 6.45) is 4.87. The lowest BCUT2D eigenvalue weighted by atomic mass is 10.1. The van der Waals surface area contributed by atoms with Crippen LogP contribution < -0.4 is 4.74 Å². The average Bonchev–Trinajstić information content (AvgIpc) is 2.38. The fourth-order valence-electron chi connectivity index (χ4n) is 1.74. The summed E-state index contributed by atoms with van der Waals surface area (Å²) >= 11 is 0. The highest BCUT2D eigenvalue weighted by Crippen LogP contribution is 2.19. The van der Waals surface area contributed by atoms with E-state index in [1.54, 1.807) is 0 Å². The summed E-state index contributed by atoms with van der Waals surface area (Å²) in [6, 6.07) is 5.87. The number of unbranched alkanes of at least 4 members (excludes halogenated alkanes) is 3. The van der Waals surface area contributed by atoms with E-state index >= 15 is 0 Å². The van der Waals surface area contributed by atoms with Crippen LogP contribution in [0.25, 0.3) is 0 Å². The van der Waals surface area contributed by atoms with Gasteiger partial charge in [-0.15, -0.1) is 0 Å². The summed E-state index contributed by atoms with van der Waals surface area (Å²) in [6.45, 7) is 4.90. The highest BCUT2D eigenvalue weighted by atomic mass is 16.5. The van der Waals surface area contributed by atoms with E-state index in [0.717, 1.165) is 29.9 Å². The van der Waals surface area contributed by atoms with Gasteiger partial charge in [0.25, 0.3) is 0 Å². The fourth-order valence-corrected chi connectivity index (χ4v) is 1.74. The molecule has 0 fully saturated rings. The predicted octanol–water partition coefficient (Wildman–Crippen LogP) is 3.30. The summed E-state index contributed by atoms with van der Waals surface area (Å²) in [5.74, 6) is 6.46. The van der Waals surface area contributed by atoms with Gasteiger partial charge in [0.05, 0.1) is 6.61 Å². The van der Waals surface area contributed by atoms with Crippen LogP contribution in [0, 0.1) is 18.8 Å². The third-order valence-corrected chi connectivity index (χ3v) is 2.74. The number of ether oxygens (including phenoxy) is 1. The first-order chi connectivity index (χ1) is 8.77. The van der Waals surface area contributed by atoms with Gasteiger partial charge in [-0.05, 0) is 37.1 Å². The van der Waals surface area contributed by atoms with E-state index < -0.39 is 0 Å². The van der Waals surface area contributed by atoms with Crippen molar-refractivity contribution >= 4 is 0 Å². The molecule has 0 aliphatic rings. The third kappa shape index (κ3) is 5.25. The minimum Gasteiger partial charge on any atom is -0.493 e. The summed E-state index contributed by atoms with van der Waals surface area (Å²) < 4.78 is 5.75. The molecule has 1 N–H and O–H groups in total. The van der Waals surface area contributed by atoms with Crippen LogP contribution in [0.5, 0.6) is 5.75 Å². The number of hydrogen-bond acceptors (Lipinski definition) is 2. The first kappa shape index (κ1) is 14.6. The molecule has 0 aliphatic heterocycles. The SMILES string of the molecule is CCCCCCOc1ccc(C#CCO)cc1C. The first-order valence-corrected chi connectivity index (χ1v) is 6.61. The summed E-state index contributed by atoms with van der Waals surface area (Å²) in [4.78, 5) is 0. The van der Waals surface area contributed by atoms with Crippen LogP contribution in [0.2, 0.25) is 0 Å². The minimum absolute atomic E-state index is 0.102. The van der Waals surface area contributed by atoms with Gasteiger partial charge in [0, 0.05) is 5.56 Å². The van der Waals surface area contributed by atoms with Crippen molar-refractivity contribution in [1.82, 2.24) is 0 Å². The lowest BCUT2D eigenvalue weighted by Gasteiger charge is -2.09. The summed E-state index contributed by atoms with van der Waals surface area (Å²) in [7, 11) is 0. The van der Waals surface area contributed by atoms with E-state index in [1.165, 1.54) is 19.3 Å².